The van der Waals surface area contributed by atoms with Crippen molar-refractivity contribution in [3.05, 3.63) is 36.5 Å². The molecule has 2 rings (SSSR count). The fourth-order valence-electron chi connectivity index (χ4n) is 1.70. The average molecular weight is 276 g/mol. The standard InChI is InChI=1S/C14H16N2O4/c1-2-7-20-14(19)16(9-10-3-4-10)12-6-5-11(8-15-12)13(17)18/h2,5-6,8,10H,1,3-4,7,9H2,(H,17,18). The lowest BCUT2D eigenvalue weighted by atomic mass is 10.3. The SMILES string of the molecule is C=CCOC(=O)N(CC1CC1)c1ccc(C(=O)O)cn1. The van der Waals surface area contributed by atoms with Gasteiger partial charge in [0, 0.05) is 12.7 Å². The molecular weight excluding hydrogens is 260 g/mol. The lowest BCUT2D eigenvalue weighted by molar-refractivity contribution is 0.0696. The van der Waals surface area contributed by atoms with Crippen molar-refractivity contribution in [1.82, 2.24) is 4.98 Å². The van der Waals surface area contributed by atoms with Gasteiger partial charge in [0.1, 0.15) is 12.4 Å². The van der Waals surface area contributed by atoms with E-state index in [0.29, 0.717) is 18.3 Å². The molecule has 1 N–H and O–H groups in total. The van der Waals surface area contributed by atoms with Crippen LogP contribution in [0.1, 0.15) is 23.2 Å². The van der Waals surface area contributed by atoms with E-state index in [9.17, 15) is 9.59 Å². The number of hydrogen-bond donors (Lipinski definition) is 1. The van der Waals surface area contributed by atoms with Crippen molar-refractivity contribution in [2.24, 2.45) is 5.92 Å². The molecule has 1 saturated carbocycles. The number of rotatable bonds is 6. The van der Waals surface area contributed by atoms with Crippen LogP contribution in [0.3, 0.4) is 0 Å². The van der Waals surface area contributed by atoms with E-state index >= 15 is 0 Å². The summed E-state index contributed by atoms with van der Waals surface area (Å²) in [7, 11) is 0. The molecule has 1 heterocycles. The van der Waals surface area contributed by atoms with E-state index in [-0.39, 0.29) is 12.2 Å². The highest BCUT2D eigenvalue weighted by Gasteiger charge is 2.29. The Bertz CT molecular complexity index is 508. The third-order valence-electron chi connectivity index (χ3n) is 2.95. The maximum atomic E-state index is 12.0. The Hall–Kier alpha value is -2.37. The van der Waals surface area contributed by atoms with Gasteiger partial charge in [-0.15, -0.1) is 0 Å². The first kappa shape index (κ1) is 14.0. The minimum Gasteiger partial charge on any atom is -0.478 e. The minimum atomic E-state index is -1.05. The van der Waals surface area contributed by atoms with Crippen molar-refractivity contribution in [3.63, 3.8) is 0 Å². The van der Waals surface area contributed by atoms with Gasteiger partial charge in [0.2, 0.25) is 0 Å². The van der Waals surface area contributed by atoms with Crippen LogP contribution in [-0.4, -0.2) is 35.3 Å². The minimum absolute atomic E-state index is 0.0829. The number of carboxylic acid groups (broad SMARTS) is 1. The second-order valence-corrected chi connectivity index (χ2v) is 4.63. The van der Waals surface area contributed by atoms with Crippen molar-refractivity contribution < 1.29 is 19.4 Å². The summed E-state index contributed by atoms with van der Waals surface area (Å²) in [5, 5.41) is 8.84. The van der Waals surface area contributed by atoms with E-state index in [4.69, 9.17) is 9.84 Å². The lowest BCUT2D eigenvalue weighted by Gasteiger charge is -2.20. The summed E-state index contributed by atoms with van der Waals surface area (Å²) in [6.45, 7) is 4.16. The first-order valence-corrected chi connectivity index (χ1v) is 6.36. The van der Waals surface area contributed by atoms with Gasteiger partial charge in [-0.05, 0) is 30.9 Å². The second-order valence-electron chi connectivity index (χ2n) is 4.63. The van der Waals surface area contributed by atoms with Gasteiger partial charge >= 0.3 is 12.1 Å². The normalized spacial score (nSPS) is 13.6. The van der Waals surface area contributed by atoms with E-state index in [1.165, 1.54) is 29.3 Å². The molecule has 0 atom stereocenters. The molecule has 20 heavy (non-hydrogen) atoms. The maximum Gasteiger partial charge on any atom is 0.415 e. The van der Waals surface area contributed by atoms with Gasteiger partial charge in [-0.25, -0.2) is 14.6 Å². The van der Waals surface area contributed by atoms with Gasteiger partial charge in [0.15, 0.2) is 0 Å². The summed E-state index contributed by atoms with van der Waals surface area (Å²) in [5.41, 5.74) is 0.0829. The highest BCUT2D eigenvalue weighted by Crippen LogP contribution is 2.31. The van der Waals surface area contributed by atoms with Gasteiger partial charge in [-0.2, -0.15) is 0 Å². The molecule has 6 nitrogen and oxygen atoms in total. The fourth-order valence-corrected chi connectivity index (χ4v) is 1.70. The van der Waals surface area contributed by atoms with E-state index in [1.807, 2.05) is 0 Å². The number of amides is 1. The van der Waals surface area contributed by atoms with Crippen LogP contribution in [0.4, 0.5) is 10.6 Å². The molecule has 6 heteroatoms. The zero-order chi connectivity index (χ0) is 14.5. The molecule has 0 aliphatic heterocycles. The van der Waals surface area contributed by atoms with Gasteiger partial charge in [-0.3, -0.25) is 4.90 Å². The van der Waals surface area contributed by atoms with E-state index in [1.54, 1.807) is 0 Å². The zero-order valence-corrected chi connectivity index (χ0v) is 11.0. The molecule has 0 spiro atoms. The second kappa shape index (κ2) is 6.18. The number of carbonyl (C=O) groups is 2. The van der Waals surface area contributed by atoms with Crippen molar-refractivity contribution in [2.75, 3.05) is 18.1 Å². The van der Waals surface area contributed by atoms with E-state index < -0.39 is 12.1 Å². The van der Waals surface area contributed by atoms with Gasteiger partial charge in [0.25, 0.3) is 0 Å². The maximum absolute atomic E-state index is 12.0. The number of carboxylic acids is 1. The predicted molar refractivity (Wildman–Crippen MR) is 72.8 cm³/mol. The number of nitrogens with zero attached hydrogens (tertiary/aromatic N) is 2. The van der Waals surface area contributed by atoms with Crippen LogP contribution in [0.15, 0.2) is 31.0 Å². The molecule has 0 bridgehead atoms. The molecule has 0 saturated heterocycles. The third kappa shape index (κ3) is 3.57. The topological polar surface area (TPSA) is 79.7 Å². The highest BCUT2D eigenvalue weighted by atomic mass is 16.6. The summed E-state index contributed by atoms with van der Waals surface area (Å²) < 4.78 is 5.03. The summed E-state index contributed by atoms with van der Waals surface area (Å²) in [6, 6.07) is 2.94. The fraction of sp³-hybridized carbons (Fsp3) is 0.357. The molecule has 1 amide bonds. The number of aromatic carboxylic acids is 1. The van der Waals surface area contributed by atoms with Crippen molar-refractivity contribution in [2.45, 2.75) is 12.8 Å². The summed E-state index contributed by atoms with van der Waals surface area (Å²) in [5.74, 6) is -0.185. The number of aromatic nitrogens is 1. The smallest absolute Gasteiger partial charge is 0.415 e. The van der Waals surface area contributed by atoms with Crippen LogP contribution in [0.5, 0.6) is 0 Å². The molecule has 0 radical (unpaired) electrons. The van der Waals surface area contributed by atoms with Crippen molar-refractivity contribution in [3.8, 4) is 0 Å². The molecular formula is C14H16N2O4. The number of hydrogen-bond acceptors (Lipinski definition) is 4. The Morgan fingerprint density at radius 3 is 2.75 bits per heavy atom. The van der Waals surface area contributed by atoms with Crippen molar-refractivity contribution >= 4 is 17.9 Å². The molecule has 106 valence electrons. The van der Waals surface area contributed by atoms with E-state index in [2.05, 4.69) is 11.6 Å². The third-order valence-corrected chi connectivity index (χ3v) is 2.95. The van der Waals surface area contributed by atoms with Gasteiger partial charge < -0.3 is 9.84 Å². The predicted octanol–water partition coefficient (Wildman–Crippen LogP) is 2.32. The monoisotopic (exact) mass is 276 g/mol. The Balaban J connectivity index is 2.13. The Labute approximate surface area is 116 Å². The molecule has 1 aromatic heterocycles. The van der Waals surface area contributed by atoms with E-state index in [0.717, 1.165) is 12.8 Å². The van der Waals surface area contributed by atoms with Crippen molar-refractivity contribution in [1.29, 1.82) is 0 Å². The number of pyridine rings is 1. The average Bonchev–Trinajstić information content (AvgIpc) is 3.26. The Morgan fingerprint density at radius 2 is 2.25 bits per heavy atom. The van der Waals surface area contributed by atoms with Gasteiger partial charge in [0.05, 0.1) is 5.56 Å². The van der Waals surface area contributed by atoms with Crippen LogP contribution in [0.25, 0.3) is 0 Å². The molecule has 1 aliphatic carbocycles. The first-order valence-electron chi connectivity index (χ1n) is 6.36. The largest absolute Gasteiger partial charge is 0.478 e. The van der Waals surface area contributed by atoms with Crippen LogP contribution in [-0.2, 0) is 4.74 Å². The van der Waals surface area contributed by atoms with Crippen LogP contribution in [0.2, 0.25) is 0 Å². The highest BCUT2D eigenvalue weighted by molar-refractivity contribution is 5.89. The van der Waals surface area contributed by atoms with Crippen LogP contribution >= 0.6 is 0 Å². The lowest BCUT2D eigenvalue weighted by Crippen LogP contribution is -2.34. The molecule has 0 unspecified atom stereocenters. The number of anilines is 1. The molecule has 1 aliphatic rings. The first-order chi connectivity index (χ1) is 9.61. The van der Waals surface area contributed by atoms with Crippen LogP contribution < -0.4 is 4.90 Å². The number of carbonyl (C=O) groups excluding carboxylic acids is 1. The number of ether oxygens (including phenoxy) is 1. The molecule has 1 fully saturated rings. The summed E-state index contributed by atoms with van der Waals surface area (Å²) in [4.78, 5) is 28.2. The Morgan fingerprint density at radius 1 is 1.50 bits per heavy atom. The van der Waals surface area contributed by atoms with Gasteiger partial charge in [-0.1, -0.05) is 12.7 Å². The Kier molecular flexibility index (Phi) is 4.34. The summed E-state index contributed by atoms with van der Waals surface area (Å²) >= 11 is 0. The summed E-state index contributed by atoms with van der Waals surface area (Å²) in [6.07, 6.45) is 4.40. The molecule has 0 aromatic carbocycles. The molecule has 1 aromatic rings. The van der Waals surface area contributed by atoms with Crippen LogP contribution in [0, 0.1) is 5.92 Å². The zero-order valence-electron chi connectivity index (χ0n) is 11.0. The quantitative estimate of drug-likeness (QED) is 0.806.